The lowest BCUT2D eigenvalue weighted by atomic mass is 9.93. The highest BCUT2D eigenvalue weighted by Crippen LogP contribution is 2.29. The van der Waals surface area contributed by atoms with Gasteiger partial charge in [0.15, 0.2) is 5.78 Å². The highest BCUT2D eigenvalue weighted by molar-refractivity contribution is 6.10. The van der Waals surface area contributed by atoms with E-state index in [4.69, 9.17) is 4.42 Å². The van der Waals surface area contributed by atoms with Crippen molar-refractivity contribution in [1.29, 1.82) is 0 Å². The molecule has 2 aromatic rings. The monoisotopic (exact) mass is 313 g/mol. The largest absolute Gasteiger partial charge is 0.465 e. The van der Waals surface area contributed by atoms with Gasteiger partial charge in [0.25, 0.3) is 5.91 Å². The minimum absolute atomic E-state index is 0.00479. The number of carbonyl (C=O) groups excluding carboxylic acids is 2. The number of aromatic nitrogens is 2. The molecule has 6 nitrogen and oxygen atoms in total. The SMILES string of the molecule is Cc1oc2c(c1C(=O)N[C@H](C)Cc1cnccn1)C(=O)CCC2. The summed E-state index contributed by atoms with van der Waals surface area (Å²) in [7, 11) is 0. The Morgan fingerprint density at radius 3 is 2.96 bits per heavy atom. The second-order valence-corrected chi connectivity index (χ2v) is 5.88. The van der Waals surface area contributed by atoms with Gasteiger partial charge in [0.2, 0.25) is 0 Å². The number of ketones is 1. The first-order valence-corrected chi connectivity index (χ1v) is 7.77. The Hall–Kier alpha value is -2.50. The molecule has 6 heteroatoms. The van der Waals surface area contributed by atoms with Gasteiger partial charge in [0.05, 0.1) is 16.8 Å². The fraction of sp³-hybridized carbons (Fsp3) is 0.412. The fourth-order valence-corrected chi connectivity index (χ4v) is 2.98. The standard InChI is InChI=1S/C17H19N3O3/c1-10(8-12-9-18-6-7-19-12)20-17(22)15-11(2)23-14-5-3-4-13(21)16(14)15/h6-7,9-10H,3-5,8H2,1-2H3,(H,20,22)/t10-/m1/s1. The Morgan fingerprint density at radius 1 is 1.39 bits per heavy atom. The quantitative estimate of drug-likeness (QED) is 0.936. The first-order chi connectivity index (χ1) is 11.1. The molecule has 0 saturated heterocycles. The van der Waals surface area contributed by atoms with E-state index in [1.165, 1.54) is 0 Å². The molecular weight excluding hydrogens is 294 g/mol. The molecule has 0 bridgehead atoms. The van der Waals surface area contributed by atoms with Crippen molar-refractivity contribution in [2.45, 2.75) is 45.6 Å². The predicted molar refractivity (Wildman–Crippen MR) is 83.4 cm³/mol. The zero-order valence-corrected chi connectivity index (χ0v) is 13.3. The first-order valence-electron chi connectivity index (χ1n) is 7.77. The summed E-state index contributed by atoms with van der Waals surface area (Å²) in [6.45, 7) is 3.63. The van der Waals surface area contributed by atoms with Gasteiger partial charge in [-0.25, -0.2) is 0 Å². The number of hydrogen-bond acceptors (Lipinski definition) is 5. The van der Waals surface area contributed by atoms with Crippen molar-refractivity contribution < 1.29 is 14.0 Å². The number of Topliss-reactive ketones (excluding diaryl/α,β-unsaturated/α-hetero) is 1. The Kier molecular flexibility index (Phi) is 4.23. The number of furan rings is 1. The van der Waals surface area contributed by atoms with Gasteiger partial charge in [-0.1, -0.05) is 0 Å². The third kappa shape index (κ3) is 3.16. The molecule has 1 aliphatic carbocycles. The summed E-state index contributed by atoms with van der Waals surface area (Å²) in [5, 5.41) is 2.92. The summed E-state index contributed by atoms with van der Waals surface area (Å²) in [6.07, 6.45) is 7.46. The van der Waals surface area contributed by atoms with Crippen LogP contribution in [0.15, 0.2) is 23.0 Å². The topological polar surface area (TPSA) is 85.1 Å². The minimum atomic E-state index is -0.265. The van der Waals surface area contributed by atoms with E-state index in [0.717, 1.165) is 12.1 Å². The molecule has 0 unspecified atom stereocenters. The van der Waals surface area contributed by atoms with Gasteiger partial charge in [-0.15, -0.1) is 0 Å². The van der Waals surface area contributed by atoms with E-state index in [2.05, 4.69) is 15.3 Å². The van der Waals surface area contributed by atoms with Crippen molar-refractivity contribution in [3.05, 3.63) is 46.9 Å². The summed E-state index contributed by atoms with van der Waals surface area (Å²) in [6, 6.07) is -0.122. The number of carbonyl (C=O) groups is 2. The van der Waals surface area contributed by atoms with Crippen LogP contribution in [0.3, 0.4) is 0 Å². The van der Waals surface area contributed by atoms with Crippen LogP contribution in [0.1, 0.15) is 57.7 Å². The molecule has 0 spiro atoms. The van der Waals surface area contributed by atoms with E-state index in [9.17, 15) is 9.59 Å². The Balaban J connectivity index is 1.76. The van der Waals surface area contributed by atoms with E-state index in [1.54, 1.807) is 25.5 Å². The summed E-state index contributed by atoms with van der Waals surface area (Å²) < 4.78 is 5.62. The smallest absolute Gasteiger partial charge is 0.255 e. The maximum absolute atomic E-state index is 12.6. The number of nitrogens with one attached hydrogen (secondary N) is 1. The predicted octanol–water partition coefficient (Wildman–Crippen LogP) is 2.26. The summed E-state index contributed by atoms with van der Waals surface area (Å²) >= 11 is 0. The van der Waals surface area contributed by atoms with Crippen LogP contribution >= 0.6 is 0 Å². The number of rotatable bonds is 4. The zero-order valence-electron chi connectivity index (χ0n) is 13.3. The van der Waals surface area contributed by atoms with E-state index in [1.807, 2.05) is 6.92 Å². The highest BCUT2D eigenvalue weighted by Gasteiger charge is 2.30. The van der Waals surface area contributed by atoms with Crippen molar-refractivity contribution >= 4 is 11.7 Å². The molecule has 1 aliphatic rings. The lowest BCUT2D eigenvalue weighted by molar-refractivity contribution is 0.0918. The zero-order chi connectivity index (χ0) is 16.4. The van der Waals surface area contributed by atoms with Crippen LogP contribution in [0.4, 0.5) is 0 Å². The van der Waals surface area contributed by atoms with Gasteiger partial charge in [-0.3, -0.25) is 19.6 Å². The molecule has 120 valence electrons. The Labute approximate surface area is 134 Å². The van der Waals surface area contributed by atoms with Gasteiger partial charge in [0.1, 0.15) is 11.5 Å². The van der Waals surface area contributed by atoms with E-state index >= 15 is 0 Å². The molecule has 1 atom stereocenters. The summed E-state index contributed by atoms with van der Waals surface area (Å²) in [5.74, 6) is 0.883. The average molecular weight is 313 g/mol. The van der Waals surface area contributed by atoms with Gasteiger partial charge < -0.3 is 9.73 Å². The molecule has 0 fully saturated rings. The van der Waals surface area contributed by atoms with Crippen molar-refractivity contribution in [3.8, 4) is 0 Å². The Morgan fingerprint density at radius 2 is 2.22 bits per heavy atom. The molecule has 1 amide bonds. The molecule has 0 radical (unpaired) electrons. The van der Waals surface area contributed by atoms with E-state index < -0.39 is 0 Å². The maximum atomic E-state index is 12.6. The van der Waals surface area contributed by atoms with E-state index in [0.29, 0.717) is 41.9 Å². The normalized spacial score (nSPS) is 15.1. The van der Waals surface area contributed by atoms with Crippen LogP contribution < -0.4 is 5.32 Å². The second kappa shape index (κ2) is 6.32. The first kappa shape index (κ1) is 15.4. The van der Waals surface area contributed by atoms with Gasteiger partial charge in [0, 0.05) is 43.9 Å². The third-order valence-corrected chi connectivity index (χ3v) is 3.98. The number of hydrogen-bond donors (Lipinski definition) is 1. The number of amides is 1. The number of nitrogens with zero attached hydrogens (tertiary/aromatic N) is 2. The van der Waals surface area contributed by atoms with Crippen LogP contribution in [0.25, 0.3) is 0 Å². The molecule has 23 heavy (non-hydrogen) atoms. The van der Waals surface area contributed by atoms with Crippen LogP contribution in [0.5, 0.6) is 0 Å². The van der Waals surface area contributed by atoms with Gasteiger partial charge >= 0.3 is 0 Å². The summed E-state index contributed by atoms with van der Waals surface area (Å²) in [5.41, 5.74) is 1.66. The highest BCUT2D eigenvalue weighted by atomic mass is 16.3. The molecule has 0 saturated carbocycles. The van der Waals surface area contributed by atoms with Crippen LogP contribution in [0, 0.1) is 6.92 Å². The molecular formula is C17H19N3O3. The van der Waals surface area contributed by atoms with Crippen molar-refractivity contribution in [2.24, 2.45) is 0 Å². The molecule has 0 aliphatic heterocycles. The molecule has 0 aromatic carbocycles. The van der Waals surface area contributed by atoms with Gasteiger partial charge in [-0.2, -0.15) is 0 Å². The van der Waals surface area contributed by atoms with Crippen molar-refractivity contribution in [3.63, 3.8) is 0 Å². The molecule has 2 heterocycles. The lowest BCUT2D eigenvalue weighted by Crippen LogP contribution is -2.35. The van der Waals surface area contributed by atoms with Gasteiger partial charge in [-0.05, 0) is 20.3 Å². The Bertz CT molecular complexity index is 737. The van der Waals surface area contributed by atoms with Crippen LogP contribution in [-0.4, -0.2) is 27.7 Å². The molecule has 2 aromatic heterocycles. The van der Waals surface area contributed by atoms with Crippen molar-refractivity contribution in [1.82, 2.24) is 15.3 Å². The number of aryl methyl sites for hydroxylation is 2. The minimum Gasteiger partial charge on any atom is -0.465 e. The van der Waals surface area contributed by atoms with E-state index in [-0.39, 0.29) is 17.7 Å². The molecule has 3 rings (SSSR count). The van der Waals surface area contributed by atoms with Crippen LogP contribution in [0.2, 0.25) is 0 Å². The maximum Gasteiger partial charge on any atom is 0.255 e. The lowest BCUT2D eigenvalue weighted by Gasteiger charge is -2.14. The third-order valence-electron chi connectivity index (χ3n) is 3.98. The van der Waals surface area contributed by atoms with Crippen LogP contribution in [-0.2, 0) is 12.8 Å². The number of fused-ring (bicyclic) bond motifs is 1. The second-order valence-electron chi connectivity index (χ2n) is 5.88. The van der Waals surface area contributed by atoms with Crippen molar-refractivity contribution in [2.75, 3.05) is 0 Å². The summed E-state index contributed by atoms with van der Waals surface area (Å²) in [4.78, 5) is 32.9. The molecule has 1 N–H and O–H groups in total. The fourth-order valence-electron chi connectivity index (χ4n) is 2.98. The average Bonchev–Trinajstić information content (AvgIpc) is 2.85.